The van der Waals surface area contributed by atoms with E-state index in [2.05, 4.69) is 47.7 Å². The number of rotatable bonds is 3. The van der Waals surface area contributed by atoms with Gasteiger partial charge >= 0.3 is 0 Å². The second-order valence-electron chi connectivity index (χ2n) is 4.24. The first-order valence-electron chi connectivity index (χ1n) is 5.90. The predicted octanol–water partition coefficient (Wildman–Crippen LogP) is 3.22. The Balaban J connectivity index is 0.00000144. The minimum atomic E-state index is 0. The number of benzene rings is 1. The standard InChI is InChI=1S/C13H20N2S.2ClH/c1-11(15-9-7-14-8-10-15)12-3-5-13(16-2)6-4-12;;/h3-6,11,14H,7-10H2,1-2H3;2*1H/t11-;;/m1../s1. The van der Waals surface area contributed by atoms with Gasteiger partial charge in [0.25, 0.3) is 0 Å². The van der Waals surface area contributed by atoms with Gasteiger partial charge in [-0.3, -0.25) is 4.90 Å². The van der Waals surface area contributed by atoms with Gasteiger partial charge in [-0.2, -0.15) is 0 Å². The van der Waals surface area contributed by atoms with Crippen molar-refractivity contribution in [1.29, 1.82) is 0 Å². The summed E-state index contributed by atoms with van der Waals surface area (Å²) in [6, 6.07) is 9.51. The first-order valence-corrected chi connectivity index (χ1v) is 7.12. The quantitative estimate of drug-likeness (QED) is 0.863. The highest BCUT2D eigenvalue weighted by Gasteiger charge is 2.17. The number of halogens is 2. The summed E-state index contributed by atoms with van der Waals surface area (Å²) >= 11 is 1.80. The smallest absolute Gasteiger partial charge is 0.0320 e. The number of thioether (sulfide) groups is 1. The first-order chi connectivity index (χ1) is 7.81. The SMILES string of the molecule is CSc1ccc([C@@H](C)N2CCNCC2)cc1.Cl.Cl. The van der Waals surface area contributed by atoms with Crippen LogP contribution in [-0.4, -0.2) is 37.3 Å². The molecule has 1 saturated heterocycles. The molecule has 0 unspecified atom stereocenters. The normalized spacial score (nSPS) is 17.4. The summed E-state index contributed by atoms with van der Waals surface area (Å²) < 4.78 is 0. The lowest BCUT2D eigenvalue weighted by Crippen LogP contribution is -2.44. The summed E-state index contributed by atoms with van der Waals surface area (Å²) in [5.41, 5.74) is 1.43. The minimum Gasteiger partial charge on any atom is -0.314 e. The molecule has 0 aromatic heterocycles. The lowest BCUT2D eigenvalue weighted by Gasteiger charge is -2.33. The molecule has 2 rings (SSSR count). The number of hydrogen-bond acceptors (Lipinski definition) is 3. The Hall–Kier alpha value is 0.0700. The fourth-order valence-corrected chi connectivity index (χ4v) is 2.57. The summed E-state index contributed by atoms with van der Waals surface area (Å²) in [6.07, 6.45) is 2.12. The van der Waals surface area contributed by atoms with Crippen LogP contribution in [0.15, 0.2) is 29.2 Å². The van der Waals surface area contributed by atoms with Crippen molar-refractivity contribution in [2.45, 2.75) is 17.9 Å². The molecular formula is C13H22Cl2N2S. The minimum absolute atomic E-state index is 0. The number of hydrogen-bond donors (Lipinski definition) is 1. The average molecular weight is 309 g/mol. The van der Waals surface area contributed by atoms with Gasteiger partial charge < -0.3 is 5.32 Å². The molecular weight excluding hydrogens is 287 g/mol. The van der Waals surface area contributed by atoms with Crippen molar-refractivity contribution in [3.63, 3.8) is 0 Å². The Morgan fingerprint density at radius 3 is 2.17 bits per heavy atom. The van der Waals surface area contributed by atoms with E-state index in [1.54, 1.807) is 11.8 Å². The molecule has 1 N–H and O–H groups in total. The molecule has 0 saturated carbocycles. The van der Waals surface area contributed by atoms with E-state index in [1.165, 1.54) is 10.5 Å². The molecule has 1 aromatic rings. The molecule has 0 spiro atoms. The van der Waals surface area contributed by atoms with Gasteiger partial charge in [-0.15, -0.1) is 36.6 Å². The van der Waals surface area contributed by atoms with Gasteiger partial charge in [0.15, 0.2) is 0 Å². The van der Waals surface area contributed by atoms with Crippen LogP contribution in [0.1, 0.15) is 18.5 Å². The third-order valence-electron chi connectivity index (χ3n) is 3.30. The topological polar surface area (TPSA) is 15.3 Å². The van der Waals surface area contributed by atoms with E-state index in [-0.39, 0.29) is 24.8 Å². The van der Waals surface area contributed by atoms with Crippen molar-refractivity contribution >= 4 is 36.6 Å². The number of nitrogens with one attached hydrogen (secondary N) is 1. The number of nitrogens with zero attached hydrogens (tertiary/aromatic N) is 1. The van der Waals surface area contributed by atoms with Gasteiger partial charge in [0.05, 0.1) is 0 Å². The van der Waals surface area contributed by atoms with Crippen molar-refractivity contribution in [3.8, 4) is 0 Å². The van der Waals surface area contributed by atoms with Crippen LogP contribution in [-0.2, 0) is 0 Å². The Morgan fingerprint density at radius 2 is 1.67 bits per heavy atom. The molecule has 1 heterocycles. The zero-order valence-corrected chi connectivity index (χ0v) is 13.3. The molecule has 104 valence electrons. The van der Waals surface area contributed by atoms with Crippen LogP contribution in [0.5, 0.6) is 0 Å². The van der Waals surface area contributed by atoms with Crippen molar-refractivity contribution in [3.05, 3.63) is 29.8 Å². The van der Waals surface area contributed by atoms with E-state index in [9.17, 15) is 0 Å². The number of piperazine rings is 1. The second-order valence-corrected chi connectivity index (χ2v) is 5.11. The van der Waals surface area contributed by atoms with Crippen molar-refractivity contribution < 1.29 is 0 Å². The highest BCUT2D eigenvalue weighted by molar-refractivity contribution is 7.98. The van der Waals surface area contributed by atoms with Gasteiger partial charge in [-0.1, -0.05) is 12.1 Å². The third kappa shape index (κ3) is 4.63. The van der Waals surface area contributed by atoms with E-state index in [0.29, 0.717) is 6.04 Å². The molecule has 1 aliphatic heterocycles. The molecule has 0 radical (unpaired) electrons. The van der Waals surface area contributed by atoms with Crippen LogP contribution in [0.4, 0.5) is 0 Å². The van der Waals surface area contributed by atoms with Crippen LogP contribution in [0.3, 0.4) is 0 Å². The zero-order chi connectivity index (χ0) is 11.4. The monoisotopic (exact) mass is 308 g/mol. The maximum absolute atomic E-state index is 3.39. The molecule has 0 aliphatic carbocycles. The van der Waals surface area contributed by atoms with Crippen LogP contribution < -0.4 is 5.32 Å². The Labute approximate surface area is 127 Å². The van der Waals surface area contributed by atoms with Gasteiger partial charge in [0.1, 0.15) is 0 Å². The highest BCUT2D eigenvalue weighted by atomic mass is 35.5. The molecule has 5 heteroatoms. The molecule has 18 heavy (non-hydrogen) atoms. The van der Waals surface area contributed by atoms with E-state index in [1.807, 2.05) is 0 Å². The third-order valence-corrected chi connectivity index (χ3v) is 4.04. The average Bonchev–Trinajstić information content (AvgIpc) is 2.39. The molecule has 0 bridgehead atoms. The summed E-state index contributed by atoms with van der Waals surface area (Å²) in [7, 11) is 0. The molecule has 1 aliphatic rings. The summed E-state index contributed by atoms with van der Waals surface area (Å²) in [6.45, 7) is 6.86. The van der Waals surface area contributed by atoms with Gasteiger partial charge in [-0.05, 0) is 30.9 Å². The summed E-state index contributed by atoms with van der Waals surface area (Å²) in [4.78, 5) is 3.89. The first kappa shape index (κ1) is 18.1. The van der Waals surface area contributed by atoms with Gasteiger partial charge in [0, 0.05) is 37.1 Å². The Morgan fingerprint density at radius 1 is 1.11 bits per heavy atom. The lowest BCUT2D eigenvalue weighted by atomic mass is 10.1. The summed E-state index contributed by atoms with van der Waals surface area (Å²) in [5.74, 6) is 0. The van der Waals surface area contributed by atoms with E-state index >= 15 is 0 Å². The van der Waals surface area contributed by atoms with Crippen molar-refractivity contribution in [2.75, 3.05) is 32.4 Å². The van der Waals surface area contributed by atoms with Gasteiger partial charge in [0.2, 0.25) is 0 Å². The predicted molar refractivity (Wildman–Crippen MR) is 85.6 cm³/mol. The Bertz CT molecular complexity index is 326. The largest absolute Gasteiger partial charge is 0.314 e. The van der Waals surface area contributed by atoms with E-state index in [4.69, 9.17) is 0 Å². The Kier molecular flexibility index (Phi) is 9.09. The van der Waals surface area contributed by atoms with Crippen LogP contribution in [0.25, 0.3) is 0 Å². The molecule has 2 nitrogen and oxygen atoms in total. The van der Waals surface area contributed by atoms with E-state index in [0.717, 1.165) is 26.2 Å². The fraction of sp³-hybridized carbons (Fsp3) is 0.538. The maximum atomic E-state index is 3.39. The second kappa shape index (κ2) is 9.05. The van der Waals surface area contributed by atoms with Gasteiger partial charge in [-0.25, -0.2) is 0 Å². The van der Waals surface area contributed by atoms with E-state index < -0.39 is 0 Å². The molecule has 0 amide bonds. The fourth-order valence-electron chi connectivity index (χ4n) is 2.16. The van der Waals surface area contributed by atoms with Crippen molar-refractivity contribution in [2.24, 2.45) is 0 Å². The van der Waals surface area contributed by atoms with Crippen LogP contribution >= 0.6 is 36.6 Å². The molecule has 1 aromatic carbocycles. The van der Waals surface area contributed by atoms with Crippen LogP contribution in [0, 0.1) is 0 Å². The molecule has 1 atom stereocenters. The lowest BCUT2D eigenvalue weighted by molar-refractivity contribution is 0.185. The summed E-state index contributed by atoms with van der Waals surface area (Å²) in [5, 5.41) is 3.39. The van der Waals surface area contributed by atoms with Crippen molar-refractivity contribution in [1.82, 2.24) is 10.2 Å². The maximum Gasteiger partial charge on any atom is 0.0320 e. The highest BCUT2D eigenvalue weighted by Crippen LogP contribution is 2.23. The zero-order valence-electron chi connectivity index (χ0n) is 10.9. The van der Waals surface area contributed by atoms with Crippen LogP contribution in [0.2, 0.25) is 0 Å². The molecule has 1 fully saturated rings.